The number of hydrogen-bond donors (Lipinski definition) is 0. The van der Waals surface area contributed by atoms with Crippen LogP contribution in [0.4, 0.5) is 0 Å². The molecule has 4 atom stereocenters. The van der Waals surface area contributed by atoms with Crippen molar-refractivity contribution >= 4 is 16.8 Å². The maximum Gasteiger partial charge on any atom is 0.338 e. The van der Waals surface area contributed by atoms with Gasteiger partial charge in [-0.25, -0.2) is 4.79 Å². The predicted octanol–water partition coefficient (Wildman–Crippen LogP) is 5.62. The van der Waals surface area contributed by atoms with Crippen molar-refractivity contribution in [2.75, 3.05) is 0 Å². The van der Waals surface area contributed by atoms with E-state index < -0.39 is 16.4 Å². The van der Waals surface area contributed by atoms with Gasteiger partial charge in [-0.2, -0.15) is 0 Å². The topological polar surface area (TPSA) is 43.4 Å². The highest BCUT2D eigenvalue weighted by Crippen LogP contribution is 2.45. The fourth-order valence-corrected chi connectivity index (χ4v) is 6.45. The van der Waals surface area contributed by atoms with E-state index in [1.54, 1.807) is 12.1 Å². The first kappa shape index (κ1) is 20.8. The molecule has 1 saturated carbocycles. The molecule has 28 heavy (non-hydrogen) atoms. The summed E-state index contributed by atoms with van der Waals surface area (Å²) in [5.74, 6) is -0.0378. The van der Waals surface area contributed by atoms with E-state index in [1.807, 2.05) is 48.5 Å². The summed E-state index contributed by atoms with van der Waals surface area (Å²) in [4.78, 5) is 13.8. The van der Waals surface area contributed by atoms with Crippen LogP contribution in [0.3, 0.4) is 0 Å². The summed E-state index contributed by atoms with van der Waals surface area (Å²) in [6.45, 7) is 6.32. The molecule has 2 aromatic rings. The molecule has 3 nitrogen and oxygen atoms in total. The lowest BCUT2D eigenvalue weighted by Crippen LogP contribution is -2.56. The molecular formula is C24H30O3S. The summed E-state index contributed by atoms with van der Waals surface area (Å²) in [5.41, 5.74) is -0.173. The molecule has 1 aliphatic carbocycles. The molecule has 2 aromatic carbocycles. The van der Waals surface area contributed by atoms with Crippen LogP contribution in [0.1, 0.15) is 56.8 Å². The van der Waals surface area contributed by atoms with Gasteiger partial charge in [-0.3, -0.25) is 4.21 Å². The lowest BCUT2D eigenvalue weighted by molar-refractivity contribution is -0.0745. The molecule has 0 spiro atoms. The average Bonchev–Trinajstić information content (AvgIpc) is 2.71. The molecule has 0 N–H and O–H groups in total. The molecule has 0 amide bonds. The van der Waals surface area contributed by atoms with Gasteiger partial charge in [0.1, 0.15) is 5.60 Å². The zero-order chi connectivity index (χ0) is 20.1. The highest BCUT2D eigenvalue weighted by molar-refractivity contribution is 7.85. The number of carbonyl (C=O) groups is 1. The van der Waals surface area contributed by atoms with Gasteiger partial charge in [0.2, 0.25) is 0 Å². The third-order valence-electron chi connectivity index (χ3n) is 5.87. The summed E-state index contributed by atoms with van der Waals surface area (Å²) >= 11 is 0. The van der Waals surface area contributed by atoms with E-state index in [0.29, 0.717) is 5.56 Å². The zero-order valence-electron chi connectivity index (χ0n) is 17.0. The van der Waals surface area contributed by atoms with Crippen LogP contribution in [0.2, 0.25) is 0 Å². The van der Waals surface area contributed by atoms with E-state index >= 15 is 0 Å². The second-order valence-electron chi connectivity index (χ2n) is 8.13. The lowest BCUT2D eigenvalue weighted by atomic mass is 9.71. The van der Waals surface area contributed by atoms with Crippen LogP contribution in [0.25, 0.3) is 0 Å². The molecule has 2 unspecified atom stereocenters. The summed E-state index contributed by atoms with van der Waals surface area (Å²) in [5, 5.41) is -0.252. The Kier molecular flexibility index (Phi) is 6.71. The number of benzene rings is 2. The van der Waals surface area contributed by atoms with Gasteiger partial charge >= 0.3 is 5.97 Å². The lowest BCUT2D eigenvalue weighted by Gasteiger charge is -2.48. The minimum atomic E-state index is -1.26. The molecular weight excluding hydrogens is 368 g/mol. The highest BCUT2D eigenvalue weighted by Gasteiger charge is 2.52. The zero-order valence-corrected chi connectivity index (χ0v) is 17.8. The number of hydrogen-bond acceptors (Lipinski definition) is 3. The van der Waals surface area contributed by atoms with Gasteiger partial charge < -0.3 is 4.74 Å². The van der Waals surface area contributed by atoms with E-state index in [-0.39, 0.29) is 23.1 Å². The van der Waals surface area contributed by atoms with Crippen molar-refractivity contribution in [3.05, 3.63) is 66.2 Å². The molecule has 3 rings (SSSR count). The van der Waals surface area contributed by atoms with Crippen molar-refractivity contribution in [2.45, 2.75) is 62.2 Å². The van der Waals surface area contributed by atoms with Crippen LogP contribution in [-0.2, 0) is 15.5 Å². The Morgan fingerprint density at radius 2 is 1.64 bits per heavy atom. The maximum absolute atomic E-state index is 13.7. The van der Waals surface area contributed by atoms with Gasteiger partial charge in [-0.15, -0.1) is 0 Å². The molecule has 0 bridgehead atoms. The Bertz CT molecular complexity index is 803. The van der Waals surface area contributed by atoms with Crippen molar-refractivity contribution in [3.63, 3.8) is 0 Å². The van der Waals surface area contributed by atoms with Gasteiger partial charge in [-0.05, 0) is 55.4 Å². The van der Waals surface area contributed by atoms with Gasteiger partial charge in [-0.1, -0.05) is 63.6 Å². The molecule has 0 saturated heterocycles. The molecule has 0 aliphatic heterocycles. The van der Waals surface area contributed by atoms with Crippen LogP contribution in [-0.4, -0.2) is 21.0 Å². The Morgan fingerprint density at radius 1 is 1.04 bits per heavy atom. The van der Waals surface area contributed by atoms with E-state index in [1.165, 1.54) is 0 Å². The smallest absolute Gasteiger partial charge is 0.338 e. The third-order valence-corrected chi connectivity index (χ3v) is 8.02. The van der Waals surface area contributed by atoms with Crippen molar-refractivity contribution in [1.82, 2.24) is 0 Å². The first-order valence-corrected chi connectivity index (χ1v) is 11.4. The number of esters is 1. The van der Waals surface area contributed by atoms with Crippen LogP contribution >= 0.6 is 0 Å². The minimum absolute atomic E-state index is 0.116. The van der Waals surface area contributed by atoms with E-state index in [2.05, 4.69) is 20.8 Å². The Hall–Kier alpha value is -1.94. The van der Waals surface area contributed by atoms with Gasteiger partial charge in [0.15, 0.2) is 0 Å². The van der Waals surface area contributed by atoms with E-state index in [9.17, 15) is 9.00 Å². The number of carbonyl (C=O) groups excluding carboxylic acids is 1. The molecule has 0 aromatic heterocycles. The Labute approximate surface area is 171 Å². The highest BCUT2D eigenvalue weighted by atomic mass is 32.2. The summed E-state index contributed by atoms with van der Waals surface area (Å²) in [6, 6.07) is 18.7. The van der Waals surface area contributed by atoms with Crippen LogP contribution in [0.15, 0.2) is 65.6 Å². The SMILES string of the molecule is CC(C)[C@H](S(=O)c1ccccc1)[C@]1(OC(=O)c2ccccc2)CCCCC1C. The van der Waals surface area contributed by atoms with Gasteiger partial charge in [0.25, 0.3) is 0 Å². The molecule has 1 fully saturated rings. The van der Waals surface area contributed by atoms with Crippen molar-refractivity contribution < 1.29 is 13.7 Å². The Morgan fingerprint density at radius 3 is 2.21 bits per heavy atom. The van der Waals surface area contributed by atoms with Gasteiger partial charge in [0.05, 0.1) is 21.6 Å². The molecule has 0 radical (unpaired) electrons. The monoisotopic (exact) mass is 398 g/mol. The normalized spacial score (nSPS) is 24.5. The molecule has 4 heteroatoms. The van der Waals surface area contributed by atoms with Crippen molar-refractivity contribution in [1.29, 1.82) is 0 Å². The van der Waals surface area contributed by atoms with Crippen LogP contribution in [0, 0.1) is 11.8 Å². The largest absolute Gasteiger partial charge is 0.454 e. The molecule has 1 aliphatic rings. The van der Waals surface area contributed by atoms with Crippen LogP contribution in [0.5, 0.6) is 0 Å². The molecule has 0 heterocycles. The third kappa shape index (κ3) is 4.22. The Balaban J connectivity index is 2.01. The second-order valence-corrected chi connectivity index (χ2v) is 9.71. The minimum Gasteiger partial charge on any atom is -0.454 e. The summed E-state index contributed by atoms with van der Waals surface area (Å²) in [6.07, 6.45) is 3.85. The first-order chi connectivity index (χ1) is 13.5. The standard InChI is InChI=1S/C24H30O3S/c1-18(2)22(28(26)21-15-8-5-9-16-21)24(17-11-10-12-19(24)3)27-23(25)20-13-6-4-7-14-20/h4-9,13-16,18-19,22H,10-12,17H2,1-3H3/t19?,22-,24-,28?/m0/s1. The van der Waals surface area contributed by atoms with Crippen molar-refractivity contribution in [2.24, 2.45) is 11.8 Å². The van der Waals surface area contributed by atoms with Gasteiger partial charge in [0, 0.05) is 4.90 Å². The fraction of sp³-hybridized carbons (Fsp3) is 0.458. The molecule has 150 valence electrons. The van der Waals surface area contributed by atoms with Crippen LogP contribution < -0.4 is 0 Å². The fourth-order valence-electron chi connectivity index (χ4n) is 4.47. The first-order valence-electron chi connectivity index (χ1n) is 10.2. The van der Waals surface area contributed by atoms with Crippen molar-refractivity contribution in [3.8, 4) is 0 Å². The summed E-state index contributed by atoms with van der Waals surface area (Å²) in [7, 11) is -1.26. The van der Waals surface area contributed by atoms with E-state index in [0.717, 1.165) is 30.6 Å². The number of ether oxygens (including phenoxy) is 1. The summed E-state index contributed by atoms with van der Waals surface area (Å²) < 4.78 is 20.0. The quantitative estimate of drug-likeness (QED) is 0.593. The second kappa shape index (κ2) is 9.04. The number of rotatable bonds is 6. The predicted molar refractivity (Wildman–Crippen MR) is 114 cm³/mol. The van der Waals surface area contributed by atoms with E-state index in [4.69, 9.17) is 4.74 Å². The average molecular weight is 399 g/mol. The maximum atomic E-state index is 13.7.